The van der Waals surface area contributed by atoms with Crippen LogP contribution in [0.5, 0.6) is 0 Å². The summed E-state index contributed by atoms with van der Waals surface area (Å²) in [5, 5.41) is 3.77. The average Bonchev–Trinajstić information content (AvgIpc) is 3.21. The van der Waals surface area contributed by atoms with Crippen LogP contribution >= 0.6 is 23.2 Å². The summed E-state index contributed by atoms with van der Waals surface area (Å²) < 4.78 is 10.8. The van der Waals surface area contributed by atoms with E-state index in [4.69, 9.17) is 32.0 Å². The fourth-order valence-electron chi connectivity index (χ4n) is 2.10. The van der Waals surface area contributed by atoms with Gasteiger partial charge in [-0.05, 0) is 48.5 Å². The number of benzene rings is 1. The first-order valence-corrected chi connectivity index (χ1v) is 7.90. The van der Waals surface area contributed by atoms with Gasteiger partial charge in [0.1, 0.15) is 17.3 Å². The predicted octanol–water partition coefficient (Wildman–Crippen LogP) is 5.18. The molecule has 0 aliphatic rings. The molecule has 0 radical (unpaired) electrons. The van der Waals surface area contributed by atoms with Crippen LogP contribution in [0.25, 0.3) is 17.4 Å². The van der Waals surface area contributed by atoms with E-state index in [-0.39, 0.29) is 5.91 Å². The Balaban J connectivity index is 1.63. The molecule has 24 heavy (non-hydrogen) atoms. The Morgan fingerprint density at radius 1 is 1.12 bits per heavy atom. The average molecular weight is 362 g/mol. The molecule has 4 nitrogen and oxygen atoms in total. The first-order chi connectivity index (χ1) is 11.6. The summed E-state index contributed by atoms with van der Waals surface area (Å²) in [6.45, 7) is 0.334. The quantitative estimate of drug-likeness (QED) is 0.637. The van der Waals surface area contributed by atoms with Gasteiger partial charge in [0.05, 0.1) is 12.8 Å². The maximum Gasteiger partial charge on any atom is 0.244 e. The molecule has 1 amide bonds. The second-order valence-corrected chi connectivity index (χ2v) is 5.86. The Labute approximate surface area is 148 Å². The number of furan rings is 2. The second kappa shape index (κ2) is 7.43. The molecule has 0 bridgehead atoms. The summed E-state index contributed by atoms with van der Waals surface area (Å²) in [5.74, 6) is 1.62. The van der Waals surface area contributed by atoms with Crippen LogP contribution in [0.1, 0.15) is 11.5 Å². The Hall–Kier alpha value is -2.43. The topological polar surface area (TPSA) is 55.4 Å². The number of hydrogen-bond acceptors (Lipinski definition) is 3. The monoisotopic (exact) mass is 361 g/mol. The number of amides is 1. The minimum atomic E-state index is -0.241. The minimum Gasteiger partial charge on any atom is -0.467 e. The highest BCUT2D eigenvalue weighted by molar-refractivity contribution is 6.35. The number of rotatable bonds is 5. The molecular formula is C18H13Cl2NO3. The van der Waals surface area contributed by atoms with Gasteiger partial charge in [0, 0.05) is 21.7 Å². The van der Waals surface area contributed by atoms with E-state index in [0.29, 0.717) is 33.9 Å². The largest absolute Gasteiger partial charge is 0.467 e. The number of nitrogens with one attached hydrogen (secondary N) is 1. The summed E-state index contributed by atoms with van der Waals surface area (Å²) >= 11 is 12.0. The molecule has 0 unspecified atom stereocenters. The van der Waals surface area contributed by atoms with Gasteiger partial charge in [-0.2, -0.15) is 0 Å². The molecule has 3 aromatic rings. The molecular weight excluding hydrogens is 349 g/mol. The highest BCUT2D eigenvalue weighted by Crippen LogP contribution is 2.28. The van der Waals surface area contributed by atoms with Crippen molar-refractivity contribution in [3.63, 3.8) is 0 Å². The lowest BCUT2D eigenvalue weighted by Crippen LogP contribution is -2.19. The van der Waals surface area contributed by atoms with Crippen LogP contribution < -0.4 is 5.32 Å². The Kier molecular flexibility index (Phi) is 5.08. The first-order valence-electron chi connectivity index (χ1n) is 7.15. The normalized spacial score (nSPS) is 11.1. The van der Waals surface area contributed by atoms with E-state index < -0.39 is 0 Å². The van der Waals surface area contributed by atoms with E-state index in [1.807, 2.05) is 0 Å². The van der Waals surface area contributed by atoms with Crippen LogP contribution in [0.2, 0.25) is 10.0 Å². The summed E-state index contributed by atoms with van der Waals surface area (Å²) in [4.78, 5) is 11.8. The van der Waals surface area contributed by atoms with Gasteiger partial charge in [-0.3, -0.25) is 4.79 Å². The standard InChI is InChI=1S/C18H13Cl2NO3/c19-13-8-12(9-14(20)10-13)17-5-3-15(24-17)4-6-18(22)21-11-16-2-1-7-23-16/h1-10H,11H2,(H,21,22)/b6-4+. The van der Waals surface area contributed by atoms with Gasteiger partial charge >= 0.3 is 0 Å². The van der Waals surface area contributed by atoms with Crippen LogP contribution in [-0.2, 0) is 11.3 Å². The third-order valence-electron chi connectivity index (χ3n) is 3.19. The Morgan fingerprint density at radius 3 is 2.62 bits per heavy atom. The molecule has 3 rings (SSSR count). The van der Waals surface area contributed by atoms with Gasteiger partial charge < -0.3 is 14.2 Å². The molecule has 0 aliphatic heterocycles. The fraction of sp³-hybridized carbons (Fsp3) is 0.0556. The lowest BCUT2D eigenvalue weighted by Gasteiger charge is -1.99. The molecule has 0 saturated carbocycles. The SMILES string of the molecule is O=C(/C=C/c1ccc(-c2cc(Cl)cc(Cl)c2)o1)NCc1ccco1. The second-order valence-electron chi connectivity index (χ2n) is 4.99. The van der Waals surface area contributed by atoms with Crippen LogP contribution in [-0.4, -0.2) is 5.91 Å². The van der Waals surface area contributed by atoms with Crippen molar-refractivity contribution in [3.8, 4) is 11.3 Å². The Bertz CT molecular complexity index is 846. The minimum absolute atomic E-state index is 0.241. The van der Waals surface area contributed by atoms with Crippen molar-refractivity contribution in [2.75, 3.05) is 0 Å². The fourth-order valence-corrected chi connectivity index (χ4v) is 2.62. The summed E-state index contributed by atoms with van der Waals surface area (Å²) in [6.07, 6.45) is 4.55. The van der Waals surface area contributed by atoms with Crippen LogP contribution in [0.3, 0.4) is 0 Å². The van der Waals surface area contributed by atoms with Crippen molar-refractivity contribution in [1.29, 1.82) is 0 Å². The molecule has 0 fully saturated rings. The smallest absolute Gasteiger partial charge is 0.244 e. The van der Waals surface area contributed by atoms with Crippen molar-refractivity contribution in [3.05, 3.63) is 76.4 Å². The number of hydrogen-bond donors (Lipinski definition) is 1. The zero-order chi connectivity index (χ0) is 16.9. The van der Waals surface area contributed by atoms with Crippen molar-refractivity contribution in [2.24, 2.45) is 0 Å². The zero-order valence-corrected chi connectivity index (χ0v) is 14.0. The molecule has 2 aromatic heterocycles. The molecule has 2 heterocycles. The van der Waals surface area contributed by atoms with E-state index in [2.05, 4.69) is 5.32 Å². The van der Waals surface area contributed by atoms with Crippen LogP contribution in [0.15, 0.2) is 63.6 Å². The molecule has 0 aliphatic carbocycles. The van der Waals surface area contributed by atoms with Crippen LogP contribution in [0, 0.1) is 0 Å². The molecule has 0 saturated heterocycles. The highest BCUT2D eigenvalue weighted by Gasteiger charge is 2.06. The Morgan fingerprint density at radius 2 is 1.92 bits per heavy atom. The van der Waals surface area contributed by atoms with E-state index in [1.165, 1.54) is 6.08 Å². The zero-order valence-electron chi connectivity index (χ0n) is 12.5. The summed E-state index contributed by atoms with van der Waals surface area (Å²) in [6, 6.07) is 12.3. The van der Waals surface area contributed by atoms with Crippen molar-refractivity contribution in [2.45, 2.75) is 6.54 Å². The van der Waals surface area contributed by atoms with Crippen LogP contribution in [0.4, 0.5) is 0 Å². The van der Waals surface area contributed by atoms with E-state index >= 15 is 0 Å². The summed E-state index contributed by atoms with van der Waals surface area (Å²) in [5.41, 5.74) is 0.773. The van der Waals surface area contributed by atoms with Gasteiger partial charge in [0.15, 0.2) is 0 Å². The molecule has 1 N–H and O–H groups in total. The summed E-state index contributed by atoms with van der Waals surface area (Å²) in [7, 11) is 0. The van der Waals surface area contributed by atoms with Crippen molar-refractivity contribution < 1.29 is 13.6 Å². The van der Waals surface area contributed by atoms with E-state index in [1.54, 1.807) is 54.8 Å². The van der Waals surface area contributed by atoms with Crippen molar-refractivity contribution in [1.82, 2.24) is 5.32 Å². The van der Waals surface area contributed by atoms with Gasteiger partial charge in [-0.15, -0.1) is 0 Å². The number of halogens is 2. The van der Waals surface area contributed by atoms with Gasteiger partial charge in [0.25, 0.3) is 0 Å². The number of carbonyl (C=O) groups is 1. The van der Waals surface area contributed by atoms with E-state index in [9.17, 15) is 4.79 Å². The maximum absolute atomic E-state index is 11.8. The number of carbonyl (C=O) groups excluding carboxylic acids is 1. The highest BCUT2D eigenvalue weighted by atomic mass is 35.5. The molecule has 1 aromatic carbocycles. The van der Waals surface area contributed by atoms with Gasteiger partial charge in [0.2, 0.25) is 5.91 Å². The van der Waals surface area contributed by atoms with E-state index in [0.717, 1.165) is 5.56 Å². The third-order valence-corrected chi connectivity index (χ3v) is 3.63. The lowest BCUT2D eigenvalue weighted by molar-refractivity contribution is -0.116. The van der Waals surface area contributed by atoms with Gasteiger partial charge in [-0.25, -0.2) is 0 Å². The first kappa shape index (κ1) is 16.4. The molecule has 6 heteroatoms. The van der Waals surface area contributed by atoms with Gasteiger partial charge in [-0.1, -0.05) is 23.2 Å². The third kappa shape index (κ3) is 4.31. The molecule has 122 valence electrons. The molecule has 0 spiro atoms. The van der Waals surface area contributed by atoms with Crippen molar-refractivity contribution >= 4 is 35.2 Å². The molecule has 0 atom stereocenters. The lowest BCUT2D eigenvalue weighted by atomic mass is 10.2. The predicted molar refractivity (Wildman–Crippen MR) is 93.8 cm³/mol. The maximum atomic E-state index is 11.8.